The van der Waals surface area contributed by atoms with Crippen molar-refractivity contribution in [3.8, 4) is 0 Å². The first-order valence-corrected chi connectivity index (χ1v) is 8.79. The van der Waals surface area contributed by atoms with Crippen LogP contribution >= 0.6 is 0 Å². The first-order valence-electron chi connectivity index (χ1n) is 8.79. The number of rotatable bonds is 5. The third-order valence-electron chi connectivity index (χ3n) is 4.51. The fourth-order valence-corrected chi connectivity index (χ4v) is 2.85. The van der Waals surface area contributed by atoms with Crippen molar-refractivity contribution in [2.45, 2.75) is 52.0 Å². The molecule has 1 heterocycles. The summed E-state index contributed by atoms with van der Waals surface area (Å²) in [4.78, 5) is 25.8. The molecule has 1 fully saturated rings. The Bertz CT molecular complexity index is 652. The third kappa shape index (κ3) is 5.34. The zero-order valence-electron chi connectivity index (χ0n) is 15.4. The van der Waals surface area contributed by atoms with Crippen molar-refractivity contribution in [2.75, 3.05) is 13.3 Å². The summed E-state index contributed by atoms with van der Waals surface area (Å²) in [5.41, 5.74) is 2.39. The summed E-state index contributed by atoms with van der Waals surface area (Å²) in [5, 5.41) is 2.88. The van der Waals surface area contributed by atoms with Crippen LogP contribution in [0.2, 0.25) is 0 Å². The summed E-state index contributed by atoms with van der Waals surface area (Å²) in [5.74, 6) is 0.0544. The van der Waals surface area contributed by atoms with Crippen molar-refractivity contribution in [1.82, 2.24) is 10.2 Å². The van der Waals surface area contributed by atoms with Crippen LogP contribution in [0.4, 0.5) is 4.79 Å². The molecule has 0 radical (unpaired) electrons. The standard InChI is InChI=1S/C20H28N2O3/c1-15(2)16-9-8-10-17(13-16)20(3,4)21-19(24)25-14-22-12-7-5-6-11-18(22)23/h8-10,13H,1,5-7,11-12,14H2,2-4H3,(H,21,24). The van der Waals surface area contributed by atoms with Crippen molar-refractivity contribution < 1.29 is 14.3 Å². The van der Waals surface area contributed by atoms with Crippen molar-refractivity contribution in [3.05, 3.63) is 42.0 Å². The van der Waals surface area contributed by atoms with E-state index in [0.29, 0.717) is 13.0 Å². The van der Waals surface area contributed by atoms with Crippen molar-refractivity contribution in [3.63, 3.8) is 0 Å². The van der Waals surface area contributed by atoms with Gasteiger partial charge in [0.15, 0.2) is 6.73 Å². The zero-order chi connectivity index (χ0) is 18.4. The number of nitrogens with one attached hydrogen (secondary N) is 1. The summed E-state index contributed by atoms with van der Waals surface area (Å²) in [6, 6.07) is 7.92. The predicted molar refractivity (Wildman–Crippen MR) is 98.8 cm³/mol. The minimum Gasteiger partial charge on any atom is -0.428 e. The van der Waals surface area contributed by atoms with E-state index in [0.717, 1.165) is 36.0 Å². The van der Waals surface area contributed by atoms with Gasteiger partial charge in [0.2, 0.25) is 5.91 Å². The second kappa shape index (κ2) is 8.19. The average molecular weight is 344 g/mol. The highest BCUT2D eigenvalue weighted by atomic mass is 16.6. The molecule has 1 saturated heterocycles. The Morgan fingerprint density at radius 2 is 2.08 bits per heavy atom. The van der Waals surface area contributed by atoms with E-state index in [-0.39, 0.29) is 12.6 Å². The largest absolute Gasteiger partial charge is 0.428 e. The highest BCUT2D eigenvalue weighted by Crippen LogP contribution is 2.23. The van der Waals surface area contributed by atoms with Gasteiger partial charge in [-0.05, 0) is 50.8 Å². The van der Waals surface area contributed by atoms with Crippen LogP contribution in [0.5, 0.6) is 0 Å². The van der Waals surface area contributed by atoms with Gasteiger partial charge in [0.05, 0.1) is 5.54 Å². The molecule has 2 amide bonds. The van der Waals surface area contributed by atoms with E-state index in [9.17, 15) is 9.59 Å². The van der Waals surface area contributed by atoms with Gasteiger partial charge in [-0.25, -0.2) is 4.79 Å². The summed E-state index contributed by atoms with van der Waals surface area (Å²) in [6.07, 6.45) is 2.91. The molecular weight excluding hydrogens is 316 g/mol. The number of amides is 2. The van der Waals surface area contributed by atoms with Crippen LogP contribution in [0.25, 0.3) is 5.57 Å². The molecule has 1 N–H and O–H groups in total. The van der Waals surface area contributed by atoms with Crippen molar-refractivity contribution >= 4 is 17.6 Å². The SMILES string of the molecule is C=C(C)c1cccc(C(C)(C)NC(=O)OCN2CCCCCC2=O)c1. The molecule has 1 aromatic carbocycles. The van der Waals surface area contributed by atoms with Gasteiger partial charge in [-0.2, -0.15) is 0 Å². The molecule has 1 aliphatic heterocycles. The summed E-state index contributed by atoms with van der Waals surface area (Å²) in [7, 11) is 0. The van der Waals surface area contributed by atoms with E-state index >= 15 is 0 Å². The van der Waals surface area contributed by atoms with Gasteiger partial charge in [-0.15, -0.1) is 0 Å². The lowest BCUT2D eigenvalue weighted by atomic mass is 9.92. The fourth-order valence-electron chi connectivity index (χ4n) is 2.85. The Balaban J connectivity index is 1.95. The molecule has 2 rings (SSSR count). The van der Waals surface area contributed by atoms with Gasteiger partial charge in [0.1, 0.15) is 0 Å². The summed E-state index contributed by atoms with van der Waals surface area (Å²) in [6.45, 7) is 10.4. The second-order valence-corrected chi connectivity index (χ2v) is 7.14. The lowest BCUT2D eigenvalue weighted by Crippen LogP contribution is -2.43. The molecular formula is C20H28N2O3. The van der Waals surface area contributed by atoms with Crippen molar-refractivity contribution in [2.24, 2.45) is 0 Å². The van der Waals surface area contributed by atoms with Crippen LogP contribution in [0.1, 0.15) is 57.6 Å². The van der Waals surface area contributed by atoms with E-state index < -0.39 is 11.6 Å². The van der Waals surface area contributed by atoms with Crippen LogP contribution in [0.3, 0.4) is 0 Å². The molecule has 5 nitrogen and oxygen atoms in total. The molecule has 1 aromatic rings. The normalized spacial score (nSPS) is 15.5. The molecule has 136 valence electrons. The monoisotopic (exact) mass is 344 g/mol. The summed E-state index contributed by atoms with van der Waals surface area (Å²) >= 11 is 0. The van der Waals surface area contributed by atoms with Crippen LogP contribution in [-0.2, 0) is 15.1 Å². The first-order chi connectivity index (χ1) is 11.8. The van der Waals surface area contributed by atoms with Crippen LogP contribution in [0, 0.1) is 0 Å². The molecule has 5 heteroatoms. The Morgan fingerprint density at radius 1 is 1.32 bits per heavy atom. The van der Waals surface area contributed by atoms with Crippen LogP contribution in [-0.4, -0.2) is 30.2 Å². The van der Waals surface area contributed by atoms with E-state index in [4.69, 9.17) is 4.74 Å². The van der Waals surface area contributed by atoms with E-state index in [1.807, 2.05) is 45.0 Å². The second-order valence-electron chi connectivity index (χ2n) is 7.14. The highest BCUT2D eigenvalue weighted by molar-refractivity contribution is 5.76. The Hall–Kier alpha value is -2.30. The zero-order valence-corrected chi connectivity index (χ0v) is 15.4. The lowest BCUT2D eigenvalue weighted by molar-refractivity contribution is -0.134. The van der Waals surface area contributed by atoms with Gasteiger partial charge in [0.25, 0.3) is 0 Å². The molecule has 0 unspecified atom stereocenters. The Labute approximate surface area is 150 Å². The Kier molecular flexibility index (Phi) is 6.23. The van der Waals surface area contributed by atoms with Gasteiger partial charge in [-0.1, -0.05) is 36.8 Å². The lowest BCUT2D eigenvalue weighted by Gasteiger charge is -2.28. The number of hydrogen-bond acceptors (Lipinski definition) is 3. The summed E-state index contributed by atoms with van der Waals surface area (Å²) < 4.78 is 5.28. The third-order valence-corrected chi connectivity index (χ3v) is 4.51. The number of nitrogens with zero attached hydrogens (tertiary/aromatic N) is 1. The maximum absolute atomic E-state index is 12.2. The number of hydrogen-bond donors (Lipinski definition) is 1. The quantitative estimate of drug-likeness (QED) is 0.877. The predicted octanol–water partition coefficient (Wildman–Crippen LogP) is 4.04. The molecule has 0 saturated carbocycles. The Morgan fingerprint density at radius 3 is 2.80 bits per heavy atom. The highest BCUT2D eigenvalue weighted by Gasteiger charge is 2.25. The van der Waals surface area contributed by atoms with Crippen LogP contribution in [0.15, 0.2) is 30.8 Å². The maximum Gasteiger partial charge on any atom is 0.409 e. The molecule has 0 spiro atoms. The topological polar surface area (TPSA) is 58.6 Å². The van der Waals surface area contributed by atoms with E-state index in [1.165, 1.54) is 0 Å². The molecule has 25 heavy (non-hydrogen) atoms. The molecule has 0 aromatic heterocycles. The van der Waals surface area contributed by atoms with Crippen molar-refractivity contribution in [1.29, 1.82) is 0 Å². The fraction of sp³-hybridized carbons (Fsp3) is 0.500. The number of likely N-dealkylation sites (tertiary alicyclic amines) is 1. The number of allylic oxidation sites excluding steroid dienone is 1. The van der Waals surface area contributed by atoms with Gasteiger partial charge in [0, 0.05) is 13.0 Å². The number of benzene rings is 1. The minimum absolute atomic E-state index is 0.00650. The molecule has 0 atom stereocenters. The molecule has 0 aliphatic carbocycles. The maximum atomic E-state index is 12.2. The van der Waals surface area contributed by atoms with Gasteiger partial charge in [-0.3, -0.25) is 4.79 Å². The van der Waals surface area contributed by atoms with E-state index in [2.05, 4.69) is 11.9 Å². The smallest absolute Gasteiger partial charge is 0.409 e. The molecule has 1 aliphatic rings. The minimum atomic E-state index is -0.592. The van der Waals surface area contributed by atoms with Gasteiger partial charge < -0.3 is 15.0 Å². The molecule has 0 bridgehead atoms. The number of alkyl carbamates (subject to hydrolysis) is 1. The van der Waals surface area contributed by atoms with E-state index in [1.54, 1.807) is 4.90 Å². The first kappa shape index (κ1) is 19.0. The van der Waals surface area contributed by atoms with Gasteiger partial charge >= 0.3 is 6.09 Å². The number of carbonyl (C=O) groups excluding carboxylic acids is 2. The van der Waals surface area contributed by atoms with Crippen LogP contribution < -0.4 is 5.32 Å². The number of ether oxygens (including phenoxy) is 1. The average Bonchev–Trinajstić information content (AvgIpc) is 2.77. The number of carbonyl (C=O) groups is 2.